The summed E-state index contributed by atoms with van der Waals surface area (Å²) in [6, 6.07) is 10.3. The number of nitrogens with one attached hydrogen (secondary N) is 2. The zero-order valence-electron chi connectivity index (χ0n) is 13.6. The zero-order chi connectivity index (χ0) is 16.8. The van der Waals surface area contributed by atoms with Crippen LogP contribution in [0.1, 0.15) is 46.7 Å². The minimum absolute atomic E-state index is 0.0105. The number of carbonyl (C=O) groups is 2. The van der Waals surface area contributed by atoms with Crippen molar-refractivity contribution >= 4 is 23.2 Å². The molecule has 2 N–H and O–H groups in total. The van der Waals surface area contributed by atoms with Crippen molar-refractivity contribution in [3.63, 3.8) is 0 Å². The number of hydrogen-bond donors (Lipinski definition) is 2. The van der Waals surface area contributed by atoms with E-state index in [1.54, 1.807) is 11.4 Å². The highest BCUT2D eigenvalue weighted by molar-refractivity contribution is 7.08. The van der Waals surface area contributed by atoms with Crippen LogP contribution in [-0.2, 0) is 11.2 Å². The van der Waals surface area contributed by atoms with E-state index in [4.69, 9.17) is 0 Å². The van der Waals surface area contributed by atoms with Gasteiger partial charge in [0, 0.05) is 36.4 Å². The molecule has 2 amide bonds. The van der Waals surface area contributed by atoms with Gasteiger partial charge in [-0.2, -0.15) is 11.3 Å². The van der Waals surface area contributed by atoms with Crippen LogP contribution in [0.15, 0.2) is 41.1 Å². The molecule has 0 radical (unpaired) electrons. The third-order valence-corrected chi connectivity index (χ3v) is 5.14. The van der Waals surface area contributed by atoms with Crippen LogP contribution in [0.5, 0.6) is 0 Å². The third-order valence-electron chi connectivity index (χ3n) is 4.46. The Morgan fingerprint density at radius 1 is 1.17 bits per heavy atom. The van der Waals surface area contributed by atoms with Crippen molar-refractivity contribution in [3.05, 3.63) is 57.8 Å². The molecule has 0 bridgehead atoms. The summed E-state index contributed by atoms with van der Waals surface area (Å²) >= 11 is 1.49. The SMILES string of the molecule is O=C(CCNC(=O)c1ccsc1)NCC1CCCc2ccccc21. The maximum Gasteiger partial charge on any atom is 0.252 e. The second-order valence-corrected chi connectivity index (χ2v) is 6.89. The number of benzene rings is 1. The normalized spacial score (nSPS) is 16.2. The Bertz CT molecular complexity index is 697. The Hall–Kier alpha value is -2.14. The van der Waals surface area contributed by atoms with E-state index in [0.717, 1.165) is 12.8 Å². The van der Waals surface area contributed by atoms with E-state index >= 15 is 0 Å². The van der Waals surface area contributed by atoms with Crippen molar-refractivity contribution in [1.29, 1.82) is 0 Å². The predicted molar refractivity (Wildman–Crippen MR) is 96.4 cm³/mol. The van der Waals surface area contributed by atoms with Gasteiger partial charge in [0.05, 0.1) is 0 Å². The third kappa shape index (κ3) is 4.23. The van der Waals surface area contributed by atoms with Gasteiger partial charge in [-0.15, -0.1) is 0 Å². The molecular formula is C19H22N2O2S. The van der Waals surface area contributed by atoms with Gasteiger partial charge < -0.3 is 10.6 Å². The number of hydrogen-bond acceptors (Lipinski definition) is 3. The van der Waals surface area contributed by atoms with Gasteiger partial charge in [-0.05, 0) is 41.8 Å². The van der Waals surface area contributed by atoms with Gasteiger partial charge in [-0.25, -0.2) is 0 Å². The van der Waals surface area contributed by atoms with Crippen LogP contribution in [-0.4, -0.2) is 24.9 Å². The molecule has 0 saturated heterocycles. The summed E-state index contributed by atoms with van der Waals surface area (Å²) in [5.74, 6) is 0.272. The maximum absolute atomic E-state index is 12.0. The van der Waals surface area contributed by atoms with E-state index in [9.17, 15) is 9.59 Å². The van der Waals surface area contributed by atoms with Gasteiger partial charge in [-0.3, -0.25) is 9.59 Å². The quantitative estimate of drug-likeness (QED) is 0.847. The van der Waals surface area contributed by atoms with Gasteiger partial charge in [-0.1, -0.05) is 24.3 Å². The van der Waals surface area contributed by atoms with Gasteiger partial charge >= 0.3 is 0 Å². The topological polar surface area (TPSA) is 58.2 Å². The molecule has 1 atom stereocenters. The molecule has 24 heavy (non-hydrogen) atoms. The van der Waals surface area contributed by atoms with Gasteiger partial charge in [0.1, 0.15) is 0 Å². The van der Waals surface area contributed by atoms with Crippen molar-refractivity contribution in [3.8, 4) is 0 Å². The lowest BCUT2D eigenvalue weighted by atomic mass is 9.83. The molecule has 0 saturated carbocycles. The Morgan fingerprint density at radius 3 is 2.88 bits per heavy atom. The molecule has 1 aromatic heterocycles. The monoisotopic (exact) mass is 342 g/mol. The fourth-order valence-corrected chi connectivity index (χ4v) is 3.81. The average Bonchev–Trinajstić information content (AvgIpc) is 3.14. The molecule has 5 heteroatoms. The van der Waals surface area contributed by atoms with Crippen molar-refractivity contribution in [2.45, 2.75) is 31.6 Å². The van der Waals surface area contributed by atoms with Crippen LogP contribution in [0, 0.1) is 0 Å². The first-order chi connectivity index (χ1) is 11.7. The summed E-state index contributed by atoms with van der Waals surface area (Å²) in [4.78, 5) is 23.8. The number of carbonyl (C=O) groups excluding carboxylic acids is 2. The molecule has 1 unspecified atom stereocenters. The lowest BCUT2D eigenvalue weighted by molar-refractivity contribution is -0.121. The minimum atomic E-state index is -0.120. The number of amides is 2. The van der Waals surface area contributed by atoms with Gasteiger partial charge in [0.25, 0.3) is 5.91 Å². The Kier molecular flexibility index (Phi) is 5.64. The molecule has 0 aliphatic heterocycles. The lowest BCUT2D eigenvalue weighted by Gasteiger charge is -2.25. The number of rotatable bonds is 6. The molecule has 1 heterocycles. The molecule has 2 aromatic rings. The average molecular weight is 342 g/mol. The number of thiophene rings is 1. The number of fused-ring (bicyclic) bond motifs is 1. The molecule has 4 nitrogen and oxygen atoms in total. The van der Waals surface area contributed by atoms with Gasteiger partial charge in [0.15, 0.2) is 0 Å². The standard InChI is InChI=1S/C19H22N2O2S/c22-18(8-10-20-19(23)16-9-11-24-13-16)21-12-15-6-3-5-14-4-1-2-7-17(14)15/h1-2,4,7,9,11,13,15H,3,5-6,8,10,12H2,(H,20,23)(H,21,22). The fourth-order valence-electron chi connectivity index (χ4n) is 3.18. The highest BCUT2D eigenvalue weighted by Crippen LogP contribution is 2.30. The second kappa shape index (κ2) is 8.11. The van der Waals surface area contributed by atoms with Crippen molar-refractivity contribution in [2.75, 3.05) is 13.1 Å². The van der Waals surface area contributed by atoms with E-state index in [1.807, 2.05) is 5.38 Å². The van der Waals surface area contributed by atoms with Crippen LogP contribution < -0.4 is 10.6 Å². The van der Waals surface area contributed by atoms with Crippen molar-refractivity contribution < 1.29 is 9.59 Å². The van der Waals surface area contributed by atoms with Crippen molar-refractivity contribution in [1.82, 2.24) is 10.6 Å². The van der Waals surface area contributed by atoms with E-state index < -0.39 is 0 Å². The highest BCUT2D eigenvalue weighted by Gasteiger charge is 2.20. The van der Waals surface area contributed by atoms with E-state index in [1.165, 1.54) is 28.9 Å². The molecule has 1 aromatic carbocycles. The first kappa shape index (κ1) is 16.7. The van der Waals surface area contributed by atoms with Crippen LogP contribution in [0.25, 0.3) is 0 Å². The first-order valence-corrected chi connectivity index (χ1v) is 9.33. The molecular weight excluding hydrogens is 320 g/mol. The minimum Gasteiger partial charge on any atom is -0.355 e. The molecule has 126 valence electrons. The second-order valence-electron chi connectivity index (χ2n) is 6.11. The van der Waals surface area contributed by atoms with Crippen LogP contribution in [0.3, 0.4) is 0 Å². The molecule has 0 fully saturated rings. The molecule has 1 aliphatic carbocycles. The fraction of sp³-hybridized carbons (Fsp3) is 0.368. The smallest absolute Gasteiger partial charge is 0.252 e. The Labute approximate surface area is 146 Å². The summed E-state index contributed by atoms with van der Waals surface area (Å²) in [6.45, 7) is 1.04. The van der Waals surface area contributed by atoms with Crippen LogP contribution in [0.4, 0.5) is 0 Å². The van der Waals surface area contributed by atoms with Crippen LogP contribution >= 0.6 is 11.3 Å². The van der Waals surface area contributed by atoms with E-state index in [0.29, 0.717) is 31.0 Å². The largest absolute Gasteiger partial charge is 0.355 e. The molecule has 3 rings (SSSR count). The number of aryl methyl sites for hydroxylation is 1. The summed E-state index contributed by atoms with van der Waals surface area (Å²) in [7, 11) is 0. The summed E-state index contributed by atoms with van der Waals surface area (Å²) < 4.78 is 0. The molecule has 1 aliphatic rings. The predicted octanol–water partition coefficient (Wildman–Crippen LogP) is 3.10. The first-order valence-electron chi connectivity index (χ1n) is 8.39. The summed E-state index contributed by atoms with van der Waals surface area (Å²) in [5.41, 5.74) is 3.43. The maximum atomic E-state index is 12.0. The lowest BCUT2D eigenvalue weighted by Crippen LogP contribution is -2.33. The highest BCUT2D eigenvalue weighted by atomic mass is 32.1. The van der Waals surface area contributed by atoms with E-state index in [-0.39, 0.29) is 11.8 Å². The zero-order valence-corrected chi connectivity index (χ0v) is 14.4. The summed E-state index contributed by atoms with van der Waals surface area (Å²) in [5, 5.41) is 9.46. The summed E-state index contributed by atoms with van der Waals surface area (Å²) in [6.07, 6.45) is 3.74. The molecule has 0 spiro atoms. The van der Waals surface area contributed by atoms with Crippen molar-refractivity contribution in [2.24, 2.45) is 0 Å². The van der Waals surface area contributed by atoms with E-state index in [2.05, 4.69) is 34.9 Å². The van der Waals surface area contributed by atoms with Gasteiger partial charge in [0.2, 0.25) is 5.91 Å². The van der Waals surface area contributed by atoms with Crippen LogP contribution in [0.2, 0.25) is 0 Å². The Balaban J connectivity index is 1.41. The Morgan fingerprint density at radius 2 is 2.04 bits per heavy atom.